The number of rotatable bonds is 8. The summed E-state index contributed by atoms with van der Waals surface area (Å²) in [5, 5.41) is 10.6. The van der Waals surface area contributed by atoms with E-state index in [1.807, 2.05) is 38.3 Å². The van der Waals surface area contributed by atoms with E-state index in [1.54, 1.807) is 4.90 Å². The Balaban J connectivity index is 1.61. The molecule has 0 aromatic carbocycles. The number of amides is 1. The number of hydrogen-bond donors (Lipinski definition) is 0. The van der Waals surface area contributed by atoms with E-state index in [2.05, 4.69) is 15.2 Å². The minimum atomic E-state index is -0.0128. The molecular weight excluding hydrogens is 372 g/mol. The third-order valence-electron chi connectivity index (χ3n) is 3.70. The molecule has 0 unspecified atom stereocenters. The second kappa shape index (κ2) is 8.50. The van der Waals surface area contributed by atoms with Crippen LogP contribution in [0.2, 0.25) is 0 Å². The molecule has 3 aromatic rings. The molecule has 0 aliphatic carbocycles. The molecule has 3 rings (SSSR count). The molecule has 138 valence electrons. The number of hydrogen-bond acceptors (Lipinski definition) is 8. The summed E-state index contributed by atoms with van der Waals surface area (Å²) < 4.78 is 11.2. The second-order valence-electron chi connectivity index (χ2n) is 5.70. The molecule has 0 radical (unpaired) electrons. The van der Waals surface area contributed by atoms with Crippen molar-refractivity contribution in [2.24, 2.45) is 0 Å². The number of oxazole rings is 1. The van der Waals surface area contributed by atoms with Gasteiger partial charge in [0.05, 0.1) is 22.9 Å². The fraction of sp³-hybridized carbons (Fsp3) is 0.412. The molecule has 9 heteroatoms. The smallest absolute Gasteiger partial charge is 0.257 e. The Labute approximate surface area is 159 Å². The van der Waals surface area contributed by atoms with Gasteiger partial charge in [0.2, 0.25) is 11.8 Å². The maximum Gasteiger partial charge on any atom is 0.257 e. The monoisotopic (exact) mass is 392 g/mol. The first-order chi connectivity index (χ1) is 12.6. The summed E-state index contributed by atoms with van der Waals surface area (Å²) >= 11 is 2.83. The van der Waals surface area contributed by atoms with Crippen molar-refractivity contribution >= 4 is 29.0 Å². The highest BCUT2D eigenvalue weighted by molar-refractivity contribution is 7.99. The number of aromatic nitrogens is 3. The maximum absolute atomic E-state index is 12.6. The Bertz CT molecular complexity index is 838. The lowest BCUT2D eigenvalue weighted by atomic mass is 10.4. The van der Waals surface area contributed by atoms with Crippen LogP contribution in [0.4, 0.5) is 0 Å². The van der Waals surface area contributed by atoms with Crippen molar-refractivity contribution in [3.8, 4) is 10.8 Å². The normalized spacial score (nSPS) is 11.0. The van der Waals surface area contributed by atoms with Gasteiger partial charge in [-0.2, -0.15) is 0 Å². The third-order valence-corrected chi connectivity index (χ3v) is 5.37. The van der Waals surface area contributed by atoms with E-state index in [1.165, 1.54) is 23.1 Å². The van der Waals surface area contributed by atoms with Crippen LogP contribution in [-0.2, 0) is 11.3 Å². The molecule has 0 bridgehead atoms. The summed E-state index contributed by atoms with van der Waals surface area (Å²) in [6.07, 6.45) is 0.847. The first-order valence-corrected chi connectivity index (χ1v) is 10.1. The molecule has 0 aliphatic rings. The van der Waals surface area contributed by atoms with E-state index in [-0.39, 0.29) is 11.7 Å². The average Bonchev–Trinajstić information content (AvgIpc) is 3.34. The van der Waals surface area contributed by atoms with E-state index in [0.717, 1.165) is 22.8 Å². The predicted molar refractivity (Wildman–Crippen MR) is 100 cm³/mol. The molecule has 0 N–H and O–H groups in total. The number of thioether (sulfide) groups is 1. The standard InChI is InChI=1S/C17H20N4O3S2/c1-4-7-21(15(22)10-26-17-18-11(2)12(3)23-17)9-14-19-20-16(24-14)13-6-5-8-25-13/h5-6,8H,4,7,9-10H2,1-3H3. The van der Waals surface area contributed by atoms with E-state index in [4.69, 9.17) is 8.83 Å². The number of thiophene rings is 1. The van der Waals surface area contributed by atoms with Crippen LogP contribution in [0.3, 0.4) is 0 Å². The van der Waals surface area contributed by atoms with Gasteiger partial charge in [0.25, 0.3) is 11.1 Å². The number of carbonyl (C=O) groups excluding carboxylic acids is 1. The van der Waals surface area contributed by atoms with Crippen LogP contribution < -0.4 is 0 Å². The highest BCUT2D eigenvalue weighted by Gasteiger charge is 2.19. The van der Waals surface area contributed by atoms with Gasteiger partial charge >= 0.3 is 0 Å². The molecule has 0 saturated carbocycles. The van der Waals surface area contributed by atoms with E-state index in [9.17, 15) is 4.79 Å². The van der Waals surface area contributed by atoms with Crippen LogP contribution in [0, 0.1) is 13.8 Å². The van der Waals surface area contributed by atoms with Crippen LogP contribution >= 0.6 is 23.1 Å². The first-order valence-electron chi connectivity index (χ1n) is 8.27. The van der Waals surface area contributed by atoms with Crippen LogP contribution in [-0.4, -0.2) is 38.3 Å². The Kier molecular flexibility index (Phi) is 6.10. The highest BCUT2D eigenvalue weighted by Crippen LogP contribution is 2.24. The van der Waals surface area contributed by atoms with Crippen molar-refractivity contribution in [1.29, 1.82) is 0 Å². The summed E-state index contributed by atoms with van der Waals surface area (Å²) in [6.45, 7) is 6.70. The van der Waals surface area contributed by atoms with Gasteiger partial charge in [0, 0.05) is 6.54 Å². The van der Waals surface area contributed by atoms with Gasteiger partial charge in [0.1, 0.15) is 5.76 Å². The van der Waals surface area contributed by atoms with Gasteiger partial charge < -0.3 is 13.7 Å². The Morgan fingerprint density at radius 1 is 1.31 bits per heavy atom. The number of carbonyl (C=O) groups is 1. The van der Waals surface area contributed by atoms with Crippen molar-refractivity contribution in [2.45, 2.75) is 39.0 Å². The molecule has 26 heavy (non-hydrogen) atoms. The predicted octanol–water partition coefficient (Wildman–Crippen LogP) is 3.93. The van der Waals surface area contributed by atoms with Crippen molar-refractivity contribution in [3.63, 3.8) is 0 Å². The molecule has 3 aromatic heterocycles. The minimum absolute atomic E-state index is 0.0128. The Hall–Kier alpha value is -2.13. The van der Waals surface area contributed by atoms with Crippen molar-refractivity contribution in [3.05, 3.63) is 34.9 Å². The first kappa shape index (κ1) is 18.7. The number of nitrogens with zero attached hydrogens (tertiary/aromatic N) is 4. The summed E-state index contributed by atoms with van der Waals surface area (Å²) in [7, 11) is 0. The lowest BCUT2D eigenvalue weighted by molar-refractivity contribution is -0.129. The third kappa shape index (κ3) is 4.53. The average molecular weight is 393 g/mol. The zero-order valence-electron chi connectivity index (χ0n) is 14.9. The van der Waals surface area contributed by atoms with E-state index >= 15 is 0 Å². The molecule has 0 fully saturated rings. The fourth-order valence-electron chi connectivity index (χ4n) is 2.26. The summed E-state index contributed by atoms with van der Waals surface area (Å²) in [5.41, 5.74) is 0.845. The van der Waals surface area contributed by atoms with Crippen LogP contribution in [0.15, 0.2) is 31.6 Å². The quantitative estimate of drug-likeness (QED) is 0.537. The molecule has 3 heterocycles. The molecule has 7 nitrogen and oxygen atoms in total. The molecule has 1 amide bonds. The second-order valence-corrected chi connectivity index (χ2v) is 7.58. The van der Waals surface area contributed by atoms with Gasteiger partial charge in [-0.15, -0.1) is 21.5 Å². The Morgan fingerprint density at radius 3 is 2.81 bits per heavy atom. The molecule has 0 spiro atoms. The van der Waals surface area contributed by atoms with Gasteiger partial charge in [-0.1, -0.05) is 24.8 Å². The van der Waals surface area contributed by atoms with Crippen LogP contribution in [0.25, 0.3) is 10.8 Å². The lowest BCUT2D eigenvalue weighted by Gasteiger charge is -2.19. The van der Waals surface area contributed by atoms with Gasteiger partial charge in [-0.3, -0.25) is 4.79 Å². The summed E-state index contributed by atoms with van der Waals surface area (Å²) in [5.74, 6) is 1.94. The van der Waals surface area contributed by atoms with Gasteiger partial charge in [-0.25, -0.2) is 4.98 Å². The van der Waals surface area contributed by atoms with E-state index < -0.39 is 0 Å². The van der Waals surface area contributed by atoms with Crippen molar-refractivity contribution in [2.75, 3.05) is 12.3 Å². The molecule has 0 aliphatic heterocycles. The molecule has 0 saturated heterocycles. The van der Waals surface area contributed by atoms with Gasteiger partial charge in [-0.05, 0) is 31.7 Å². The van der Waals surface area contributed by atoms with Gasteiger partial charge in [0.15, 0.2) is 0 Å². The van der Waals surface area contributed by atoms with Crippen molar-refractivity contribution < 1.29 is 13.6 Å². The minimum Gasteiger partial charge on any atom is -0.437 e. The topological polar surface area (TPSA) is 85.3 Å². The zero-order chi connectivity index (χ0) is 18.5. The largest absolute Gasteiger partial charge is 0.437 e. The summed E-state index contributed by atoms with van der Waals surface area (Å²) in [4.78, 5) is 19.5. The van der Waals surface area contributed by atoms with Crippen molar-refractivity contribution in [1.82, 2.24) is 20.1 Å². The zero-order valence-corrected chi connectivity index (χ0v) is 16.5. The van der Waals surface area contributed by atoms with Crippen LogP contribution in [0.5, 0.6) is 0 Å². The number of aryl methyl sites for hydroxylation is 2. The van der Waals surface area contributed by atoms with Crippen LogP contribution in [0.1, 0.15) is 30.7 Å². The lowest BCUT2D eigenvalue weighted by Crippen LogP contribution is -2.32. The molecular formula is C17H20N4O3S2. The summed E-state index contributed by atoms with van der Waals surface area (Å²) in [6, 6.07) is 3.86. The fourth-order valence-corrected chi connectivity index (χ4v) is 3.72. The highest BCUT2D eigenvalue weighted by atomic mass is 32.2. The maximum atomic E-state index is 12.6. The SMILES string of the molecule is CCCN(Cc1nnc(-c2cccs2)o1)C(=O)CSc1nc(C)c(C)o1. The van der Waals surface area contributed by atoms with E-state index in [0.29, 0.717) is 30.1 Å². The molecule has 0 atom stereocenters. The Morgan fingerprint density at radius 2 is 2.15 bits per heavy atom.